The molecule has 4 nitrogen and oxygen atoms in total. The summed E-state index contributed by atoms with van der Waals surface area (Å²) in [5, 5.41) is 17.2. The zero-order valence-corrected chi connectivity index (χ0v) is 8.60. The summed E-state index contributed by atoms with van der Waals surface area (Å²) in [5.41, 5.74) is 0.761. The summed E-state index contributed by atoms with van der Waals surface area (Å²) in [5.74, 6) is -0.498. The Labute approximate surface area is 93.0 Å². The number of carbonyl (C=O) groups excluding carboxylic acids is 1. The van der Waals surface area contributed by atoms with Crippen molar-refractivity contribution in [3.05, 3.63) is 41.0 Å². The number of nitrogens with zero attached hydrogens (tertiary/aromatic N) is 2. The predicted molar refractivity (Wildman–Crippen MR) is 57.0 cm³/mol. The van der Waals surface area contributed by atoms with E-state index < -0.39 is 5.97 Å². The van der Waals surface area contributed by atoms with Crippen molar-refractivity contribution in [2.24, 2.45) is 0 Å². The molecular formula is C12H8N2O2. The molecule has 0 radical (unpaired) electrons. The van der Waals surface area contributed by atoms with Crippen molar-refractivity contribution in [2.75, 3.05) is 7.11 Å². The SMILES string of the molecule is COC(=O)c1ccccc1C=C(C#N)C#N. The van der Waals surface area contributed by atoms with E-state index in [0.717, 1.165) is 0 Å². The number of nitriles is 2. The van der Waals surface area contributed by atoms with Crippen LogP contribution in [0.3, 0.4) is 0 Å². The second-order valence-corrected chi connectivity index (χ2v) is 2.86. The van der Waals surface area contributed by atoms with Gasteiger partial charge in [-0.3, -0.25) is 0 Å². The number of esters is 1. The van der Waals surface area contributed by atoms with Crippen molar-refractivity contribution < 1.29 is 9.53 Å². The van der Waals surface area contributed by atoms with Crippen LogP contribution in [0.25, 0.3) is 6.08 Å². The van der Waals surface area contributed by atoms with Crippen LogP contribution in [0.2, 0.25) is 0 Å². The third-order valence-corrected chi connectivity index (χ3v) is 1.91. The lowest BCUT2D eigenvalue weighted by Crippen LogP contribution is -2.03. The Hall–Kier alpha value is -2.59. The lowest BCUT2D eigenvalue weighted by molar-refractivity contribution is 0.0600. The van der Waals surface area contributed by atoms with Crippen molar-refractivity contribution in [2.45, 2.75) is 0 Å². The van der Waals surface area contributed by atoms with Gasteiger partial charge in [-0.05, 0) is 17.7 Å². The molecule has 16 heavy (non-hydrogen) atoms. The molecular weight excluding hydrogens is 204 g/mol. The highest BCUT2D eigenvalue weighted by Gasteiger charge is 2.09. The molecule has 1 aromatic rings. The molecule has 78 valence electrons. The average molecular weight is 212 g/mol. The first-order valence-electron chi connectivity index (χ1n) is 4.42. The Bertz CT molecular complexity index is 503. The topological polar surface area (TPSA) is 73.9 Å². The molecule has 0 atom stereocenters. The van der Waals surface area contributed by atoms with Crippen LogP contribution in [-0.4, -0.2) is 13.1 Å². The molecule has 0 unspecified atom stereocenters. The van der Waals surface area contributed by atoms with Crippen molar-refractivity contribution in [3.63, 3.8) is 0 Å². The molecule has 0 spiro atoms. The fourth-order valence-corrected chi connectivity index (χ4v) is 1.16. The number of hydrogen-bond donors (Lipinski definition) is 0. The molecule has 0 heterocycles. The number of rotatable bonds is 2. The standard InChI is InChI=1S/C12H8N2O2/c1-16-12(15)11-5-3-2-4-10(11)6-9(7-13)8-14/h2-6H,1H3. The molecule has 0 N–H and O–H groups in total. The molecule has 1 rings (SSSR count). The van der Waals surface area contributed by atoms with Gasteiger partial charge in [0.25, 0.3) is 0 Å². The Balaban J connectivity index is 3.26. The first kappa shape index (κ1) is 11.5. The number of methoxy groups -OCH3 is 1. The fourth-order valence-electron chi connectivity index (χ4n) is 1.16. The van der Waals surface area contributed by atoms with Gasteiger partial charge in [0.15, 0.2) is 0 Å². The monoisotopic (exact) mass is 212 g/mol. The lowest BCUT2D eigenvalue weighted by atomic mass is 10.1. The summed E-state index contributed by atoms with van der Waals surface area (Å²) in [6, 6.07) is 10.1. The van der Waals surface area contributed by atoms with E-state index in [1.54, 1.807) is 36.4 Å². The molecule has 0 aliphatic carbocycles. The molecule has 0 amide bonds. The summed E-state index contributed by atoms with van der Waals surface area (Å²) >= 11 is 0. The van der Waals surface area contributed by atoms with E-state index in [2.05, 4.69) is 4.74 Å². The second kappa shape index (κ2) is 5.33. The highest BCUT2D eigenvalue weighted by atomic mass is 16.5. The van der Waals surface area contributed by atoms with Gasteiger partial charge in [-0.1, -0.05) is 18.2 Å². The van der Waals surface area contributed by atoms with Gasteiger partial charge in [-0.2, -0.15) is 10.5 Å². The van der Waals surface area contributed by atoms with E-state index >= 15 is 0 Å². The predicted octanol–water partition coefficient (Wildman–Crippen LogP) is 1.90. The Morgan fingerprint density at radius 2 is 1.94 bits per heavy atom. The minimum absolute atomic E-state index is 0.0589. The van der Waals surface area contributed by atoms with Crippen LogP contribution in [0.5, 0.6) is 0 Å². The molecule has 0 bridgehead atoms. The third kappa shape index (κ3) is 2.46. The first-order chi connectivity index (χ1) is 7.72. The van der Waals surface area contributed by atoms with Crippen molar-refractivity contribution in [3.8, 4) is 12.1 Å². The molecule has 0 aromatic heterocycles. The van der Waals surface area contributed by atoms with E-state index in [1.165, 1.54) is 13.2 Å². The summed E-state index contributed by atoms with van der Waals surface area (Å²) in [6.45, 7) is 0. The maximum absolute atomic E-state index is 11.4. The molecule has 0 aliphatic heterocycles. The minimum Gasteiger partial charge on any atom is -0.465 e. The van der Waals surface area contributed by atoms with Crippen LogP contribution < -0.4 is 0 Å². The van der Waals surface area contributed by atoms with Gasteiger partial charge in [-0.15, -0.1) is 0 Å². The summed E-state index contributed by atoms with van der Waals surface area (Å²) < 4.78 is 4.59. The molecule has 0 saturated carbocycles. The second-order valence-electron chi connectivity index (χ2n) is 2.86. The lowest BCUT2D eigenvalue weighted by Gasteiger charge is -2.02. The molecule has 0 saturated heterocycles. The van der Waals surface area contributed by atoms with Crippen LogP contribution in [0.4, 0.5) is 0 Å². The summed E-state index contributed by atoms with van der Waals surface area (Å²) in [7, 11) is 1.28. The summed E-state index contributed by atoms with van der Waals surface area (Å²) in [4.78, 5) is 11.4. The Kier molecular flexibility index (Phi) is 3.83. The van der Waals surface area contributed by atoms with E-state index in [9.17, 15) is 4.79 Å². The number of allylic oxidation sites excluding steroid dienone is 1. The van der Waals surface area contributed by atoms with Gasteiger partial charge in [0.2, 0.25) is 0 Å². The minimum atomic E-state index is -0.498. The van der Waals surface area contributed by atoms with Gasteiger partial charge in [0.05, 0.1) is 12.7 Å². The molecule has 1 aromatic carbocycles. The van der Waals surface area contributed by atoms with Gasteiger partial charge in [0.1, 0.15) is 17.7 Å². The zero-order chi connectivity index (χ0) is 12.0. The Morgan fingerprint density at radius 1 is 1.31 bits per heavy atom. The zero-order valence-electron chi connectivity index (χ0n) is 8.60. The number of hydrogen-bond acceptors (Lipinski definition) is 4. The largest absolute Gasteiger partial charge is 0.465 e. The van der Waals surface area contributed by atoms with Crippen molar-refractivity contribution >= 4 is 12.0 Å². The maximum Gasteiger partial charge on any atom is 0.338 e. The van der Waals surface area contributed by atoms with Crippen molar-refractivity contribution in [1.82, 2.24) is 0 Å². The highest BCUT2D eigenvalue weighted by molar-refractivity contribution is 5.94. The van der Waals surface area contributed by atoms with Crippen molar-refractivity contribution in [1.29, 1.82) is 10.5 Å². The number of ether oxygens (including phenoxy) is 1. The normalized spacial score (nSPS) is 8.44. The van der Waals surface area contributed by atoms with Crippen LogP contribution >= 0.6 is 0 Å². The number of carbonyl (C=O) groups is 1. The van der Waals surface area contributed by atoms with E-state index in [4.69, 9.17) is 10.5 Å². The van der Waals surface area contributed by atoms with Gasteiger partial charge >= 0.3 is 5.97 Å². The van der Waals surface area contributed by atoms with Crippen LogP contribution in [-0.2, 0) is 4.74 Å². The average Bonchev–Trinajstić information content (AvgIpc) is 2.35. The van der Waals surface area contributed by atoms with E-state index in [1.807, 2.05) is 0 Å². The van der Waals surface area contributed by atoms with Crippen LogP contribution in [0.1, 0.15) is 15.9 Å². The molecule has 0 fully saturated rings. The van der Waals surface area contributed by atoms with E-state index in [0.29, 0.717) is 11.1 Å². The number of benzene rings is 1. The smallest absolute Gasteiger partial charge is 0.338 e. The highest BCUT2D eigenvalue weighted by Crippen LogP contribution is 2.13. The van der Waals surface area contributed by atoms with Crippen LogP contribution in [0, 0.1) is 22.7 Å². The van der Waals surface area contributed by atoms with Crippen LogP contribution in [0.15, 0.2) is 29.8 Å². The molecule has 4 heteroatoms. The molecule has 0 aliphatic rings. The van der Waals surface area contributed by atoms with Gasteiger partial charge < -0.3 is 4.74 Å². The third-order valence-electron chi connectivity index (χ3n) is 1.91. The quantitative estimate of drug-likeness (QED) is 0.554. The van der Waals surface area contributed by atoms with Gasteiger partial charge in [-0.25, -0.2) is 4.79 Å². The first-order valence-corrected chi connectivity index (χ1v) is 4.42. The van der Waals surface area contributed by atoms with E-state index in [-0.39, 0.29) is 5.57 Å². The summed E-state index contributed by atoms with van der Waals surface area (Å²) in [6.07, 6.45) is 1.35. The fraction of sp³-hybridized carbons (Fsp3) is 0.0833. The maximum atomic E-state index is 11.4. The van der Waals surface area contributed by atoms with Gasteiger partial charge in [0, 0.05) is 0 Å². The Morgan fingerprint density at radius 3 is 2.50 bits per heavy atom.